The smallest absolute Gasteiger partial charge is 0.0624 e. The van der Waals surface area contributed by atoms with Crippen molar-refractivity contribution in [1.29, 1.82) is 0 Å². The molecule has 0 fully saturated rings. The first-order valence-electron chi connectivity index (χ1n) is 6.47. The molecule has 19 heavy (non-hydrogen) atoms. The molecule has 0 bridgehead atoms. The maximum absolute atomic E-state index is 4.52. The van der Waals surface area contributed by atoms with Crippen molar-refractivity contribution in [2.24, 2.45) is 7.05 Å². The van der Waals surface area contributed by atoms with Crippen molar-refractivity contribution >= 4 is 31.9 Å². The fraction of sp³-hybridized carbons (Fsp3) is 0.400. The van der Waals surface area contributed by atoms with Gasteiger partial charge in [0.05, 0.1) is 5.69 Å². The highest BCUT2D eigenvalue weighted by Gasteiger charge is 2.14. The Bertz CT molecular complexity index is 532. The monoisotopic (exact) mass is 384 g/mol. The minimum absolute atomic E-state index is 0.480. The van der Waals surface area contributed by atoms with Crippen LogP contribution in [0.1, 0.15) is 29.8 Å². The molecule has 0 saturated carbocycles. The van der Waals surface area contributed by atoms with Gasteiger partial charge in [-0.05, 0) is 42.5 Å². The van der Waals surface area contributed by atoms with E-state index in [9.17, 15) is 0 Å². The first-order valence-corrected chi connectivity index (χ1v) is 8.38. The number of rotatable bonds is 5. The number of nitrogens with zero attached hydrogens (tertiary/aromatic N) is 2. The van der Waals surface area contributed by atoms with E-state index in [2.05, 4.69) is 74.2 Å². The quantitative estimate of drug-likeness (QED) is 0.694. The molecule has 0 N–H and O–H groups in total. The van der Waals surface area contributed by atoms with Gasteiger partial charge in [-0.1, -0.05) is 50.9 Å². The standard InChI is InChI=1S/C15H18Br2N2/c1-3-14-9-15(19(2)18-14)8-12(10-16)11-4-6-13(17)7-5-11/h4-7,9,12H,3,8,10H2,1-2H3. The Balaban J connectivity index is 2.18. The molecule has 4 heteroatoms. The highest BCUT2D eigenvalue weighted by atomic mass is 79.9. The van der Waals surface area contributed by atoms with Crippen molar-refractivity contribution in [3.05, 3.63) is 51.8 Å². The lowest BCUT2D eigenvalue weighted by molar-refractivity contribution is 0.658. The number of halogens is 2. The SMILES string of the molecule is CCc1cc(CC(CBr)c2ccc(Br)cc2)n(C)n1. The molecule has 1 aromatic carbocycles. The van der Waals surface area contributed by atoms with E-state index in [-0.39, 0.29) is 0 Å². The van der Waals surface area contributed by atoms with E-state index >= 15 is 0 Å². The van der Waals surface area contributed by atoms with E-state index < -0.39 is 0 Å². The molecule has 1 atom stereocenters. The zero-order valence-electron chi connectivity index (χ0n) is 11.2. The predicted molar refractivity (Wildman–Crippen MR) is 87.0 cm³/mol. The summed E-state index contributed by atoms with van der Waals surface area (Å²) in [7, 11) is 2.03. The Morgan fingerprint density at radius 2 is 1.95 bits per heavy atom. The Morgan fingerprint density at radius 1 is 1.26 bits per heavy atom. The normalized spacial score (nSPS) is 12.6. The lowest BCUT2D eigenvalue weighted by Gasteiger charge is -2.14. The van der Waals surface area contributed by atoms with Crippen molar-refractivity contribution < 1.29 is 0 Å². The molecular formula is C15H18Br2N2. The first kappa shape index (κ1) is 14.8. The molecule has 2 aromatic rings. The van der Waals surface area contributed by atoms with Crippen molar-refractivity contribution in [1.82, 2.24) is 9.78 Å². The van der Waals surface area contributed by atoms with Gasteiger partial charge >= 0.3 is 0 Å². The topological polar surface area (TPSA) is 17.8 Å². The second-order valence-electron chi connectivity index (χ2n) is 4.71. The maximum Gasteiger partial charge on any atom is 0.0624 e. The minimum atomic E-state index is 0.480. The summed E-state index contributed by atoms with van der Waals surface area (Å²) in [5, 5.41) is 5.48. The molecule has 102 valence electrons. The van der Waals surface area contributed by atoms with Crippen LogP contribution < -0.4 is 0 Å². The van der Waals surface area contributed by atoms with Gasteiger partial charge in [0.1, 0.15) is 0 Å². The number of aromatic nitrogens is 2. The van der Waals surface area contributed by atoms with E-state index in [1.807, 2.05) is 11.7 Å². The molecule has 2 nitrogen and oxygen atoms in total. The molecule has 0 saturated heterocycles. The Morgan fingerprint density at radius 3 is 2.47 bits per heavy atom. The van der Waals surface area contributed by atoms with E-state index in [1.54, 1.807) is 0 Å². The van der Waals surface area contributed by atoms with Gasteiger partial charge in [-0.25, -0.2) is 0 Å². The maximum atomic E-state index is 4.52. The molecule has 0 aliphatic heterocycles. The molecule has 0 amide bonds. The molecule has 1 heterocycles. The van der Waals surface area contributed by atoms with Gasteiger partial charge in [0.25, 0.3) is 0 Å². The summed E-state index contributed by atoms with van der Waals surface area (Å²) in [6.07, 6.45) is 2.00. The highest BCUT2D eigenvalue weighted by molar-refractivity contribution is 9.10. The average molecular weight is 386 g/mol. The van der Waals surface area contributed by atoms with Gasteiger partial charge in [-0.2, -0.15) is 5.10 Å². The zero-order chi connectivity index (χ0) is 13.8. The van der Waals surface area contributed by atoms with Crippen LogP contribution in [0, 0.1) is 0 Å². The van der Waals surface area contributed by atoms with Gasteiger partial charge in [-0.15, -0.1) is 0 Å². The summed E-state index contributed by atoms with van der Waals surface area (Å²) in [4.78, 5) is 0. The molecule has 0 aliphatic rings. The Labute approximate surface area is 131 Å². The molecular weight excluding hydrogens is 368 g/mol. The molecule has 0 radical (unpaired) electrons. The van der Waals surface area contributed by atoms with E-state index in [0.29, 0.717) is 5.92 Å². The fourth-order valence-electron chi connectivity index (χ4n) is 2.18. The zero-order valence-corrected chi connectivity index (χ0v) is 14.4. The van der Waals surface area contributed by atoms with Crippen LogP contribution in [0.5, 0.6) is 0 Å². The summed E-state index contributed by atoms with van der Waals surface area (Å²) in [6.45, 7) is 2.14. The molecule has 1 aromatic heterocycles. The van der Waals surface area contributed by atoms with E-state index in [0.717, 1.165) is 22.6 Å². The van der Waals surface area contributed by atoms with Crippen molar-refractivity contribution in [2.75, 3.05) is 5.33 Å². The van der Waals surface area contributed by atoms with Gasteiger partial charge < -0.3 is 0 Å². The first-order chi connectivity index (χ1) is 9.13. The van der Waals surface area contributed by atoms with E-state index in [1.165, 1.54) is 17.0 Å². The number of aryl methyl sites for hydroxylation is 2. The average Bonchev–Trinajstić information content (AvgIpc) is 2.78. The van der Waals surface area contributed by atoms with Crippen LogP contribution in [0.4, 0.5) is 0 Å². The number of hydrogen-bond donors (Lipinski definition) is 0. The number of benzene rings is 1. The van der Waals surface area contributed by atoms with Crippen molar-refractivity contribution in [3.8, 4) is 0 Å². The summed E-state index contributed by atoms with van der Waals surface area (Å²) >= 11 is 7.12. The lowest BCUT2D eigenvalue weighted by Crippen LogP contribution is -2.08. The van der Waals surface area contributed by atoms with Crippen LogP contribution in [0.3, 0.4) is 0 Å². The van der Waals surface area contributed by atoms with Gasteiger partial charge in [0.15, 0.2) is 0 Å². The molecule has 0 spiro atoms. The van der Waals surface area contributed by atoms with Gasteiger partial charge in [-0.3, -0.25) is 4.68 Å². The summed E-state index contributed by atoms with van der Waals surface area (Å²) in [5.74, 6) is 0.480. The van der Waals surface area contributed by atoms with Crippen molar-refractivity contribution in [2.45, 2.75) is 25.7 Å². The summed E-state index contributed by atoms with van der Waals surface area (Å²) in [6, 6.07) is 10.8. The lowest BCUT2D eigenvalue weighted by atomic mass is 9.96. The second-order valence-corrected chi connectivity index (χ2v) is 6.27. The molecule has 2 rings (SSSR count). The second kappa shape index (κ2) is 6.71. The third-order valence-electron chi connectivity index (χ3n) is 3.37. The van der Waals surface area contributed by atoms with Crippen LogP contribution >= 0.6 is 31.9 Å². The summed E-state index contributed by atoms with van der Waals surface area (Å²) < 4.78 is 3.13. The fourth-order valence-corrected chi connectivity index (χ4v) is 3.05. The minimum Gasteiger partial charge on any atom is -0.272 e. The van der Waals surface area contributed by atoms with Gasteiger partial charge in [0.2, 0.25) is 0 Å². The number of hydrogen-bond acceptors (Lipinski definition) is 1. The Hall–Kier alpha value is -0.610. The van der Waals surface area contributed by atoms with Crippen molar-refractivity contribution in [3.63, 3.8) is 0 Å². The highest BCUT2D eigenvalue weighted by Crippen LogP contribution is 2.25. The molecule has 0 aliphatic carbocycles. The molecule has 1 unspecified atom stereocenters. The Kier molecular flexibility index (Phi) is 5.22. The largest absolute Gasteiger partial charge is 0.272 e. The predicted octanol–water partition coefficient (Wildman–Crippen LogP) is 4.47. The van der Waals surface area contributed by atoms with E-state index in [4.69, 9.17) is 0 Å². The third kappa shape index (κ3) is 3.69. The van der Waals surface area contributed by atoms with Crippen LogP contribution in [0.25, 0.3) is 0 Å². The third-order valence-corrected chi connectivity index (χ3v) is 4.68. The van der Waals surface area contributed by atoms with Crippen LogP contribution in [0.15, 0.2) is 34.8 Å². The summed E-state index contributed by atoms with van der Waals surface area (Å²) in [5.41, 5.74) is 3.82. The number of alkyl halides is 1. The van der Waals surface area contributed by atoms with Crippen LogP contribution in [-0.4, -0.2) is 15.1 Å². The van der Waals surface area contributed by atoms with Gasteiger partial charge in [0, 0.05) is 22.5 Å². The van der Waals surface area contributed by atoms with Crippen LogP contribution in [-0.2, 0) is 19.9 Å². The van der Waals surface area contributed by atoms with Crippen LogP contribution in [0.2, 0.25) is 0 Å².